The lowest BCUT2D eigenvalue weighted by Gasteiger charge is -2.13. The molecule has 1 atom stereocenters. The highest BCUT2D eigenvalue weighted by molar-refractivity contribution is 6.03. The van der Waals surface area contributed by atoms with Crippen LogP contribution in [-0.2, 0) is 11.8 Å². The first kappa shape index (κ1) is 22.3. The lowest BCUT2D eigenvalue weighted by molar-refractivity contribution is -0.117. The van der Waals surface area contributed by atoms with Crippen LogP contribution >= 0.6 is 0 Å². The summed E-state index contributed by atoms with van der Waals surface area (Å²) in [7, 11) is 1.73. The third-order valence-corrected chi connectivity index (χ3v) is 6.15. The summed E-state index contributed by atoms with van der Waals surface area (Å²) in [6, 6.07) is 21.1. The van der Waals surface area contributed by atoms with E-state index in [1.165, 1.54) is 12.1 Å². The molecule has 174 valence electrons. The Balaban J connectivity index is 1.55. The highest BCUT2D eigenvalue weighted by Crippen LogP contribution is 2.37. The Hall–Kier alpha value is -4.52. The lowest BCUT2D eigenvalue weighted by Crippen LogP contribution is -2.19. The van der Waals surface area contributed by atoms with E-state index in [0.717, 1.165) is 27.9 Å². The molecule has 0 unspecified atom stereocenters. The Labute approximate surface area is 201 Å². The number of hydrogen-bond donors (Lipinski definition) is 2. The summed E-state index contributed by atoms with van der Waals surface area (Å²) in [6.45, 7) is 1.76. The number of halogens is 1. The minimum absolute atomic E-state index is 0.0976. The van der Waals surface area contributed by atoms with Gasteiger partial charge in [-0.15, -0.1) is 0 Å². The number of carbonyl (C=O) groups excluding carboxylic acids is 1. The van der Waals surface area contributed by atoms with Gasteiger partial charge in [0.2, 0.25) is 5.91 Å². The third-order valence-electron chi connectivity index (χ3n) is 6.15. The predicted octanol–water partition coefficient (Wildman–Crippen LogP) is 5.48. The fraction of sp³-hybridized carbons (Fsp3) is 0.107. The van der Waals surface area contributed by atoms with Crippen molar-refractivity contribution in [1.82, 2.24) is 14.5 Å². The van der Waals surface area contributed by atoms with Gasteiger partial charge < -0.3 is 14.9 Å². The van der Waals surface area contributed by atoms with Gasteiger partial charge in [0.05, 0.1) is 22.5 Å². The Morgan fingerprint density at radius 2 is 1.77 bits per heavy atom. The van der Waals surface area contributed by atoms with Crippen LogP contribution in [0, 0.1) is 5.82 Å². The van der Waals surface area contributed by atoms with Gasteiger partial charge >= 0.3 is 0 Å². The Morgan fingerprint density at radius 3 is 2.51 bits per heavy atom. The van der Waals surface area contributed by atoms with E-state index in [0.29, 0.717) is 16.8 Å². The van der Waals surface area contributed by atoms with E-state index >= 15 is 0 Å². The summed E-state index contributed by atoms with van der Waals surface area (Å²) in [5.41, 5.74) is 4.59. The van der Waals surface area contributed by atoms with Crippen molar-refractivity contribution in [3.8, 4) is 22.4 Å². The van der Waals surface area contributed by atoms with Crippen LogP contribution in [0.5, 0.6) is 0 Å². The van der Waals surface area contributed by atoms with Crippen LogP contribution in [0.3, 0.4) is 0 Å². The number of pyridine rings is 2. The third kappa shape index (κ3) is 4.24. The van der Waals surface area contributed by atoms with Gasteiger partial charge in [0.25, 0.3) is 5.56 Å². The van der Waals surface area contributed by atoms with Crippen molar-refractivity contribution in [1.29, 1.82) is 0 Å². The van der Waals surface area contributed by atoms with Crippen LogP contribution < -0.4 is 10.9 Å². The number of aromatic nitrogens is 3. The molecule has 3 aromatic heterocycles. The maximum absolute atomic E-state index is 13.2. The number of amides is 1. The number of nitrogens with zero attached hydrogens (tertiary/aromatic N) is 2. The van der Waals surface area contributed by atoms with Gasteiger partial charge in [0, 0.05) is 30.6 Å². The smallest absolute Gasteiger partial charge is 0.260 e. The number of anilines is 1. The van der Waals surface area contributed by atoms with E-state index in [1.807, 2.05) is 42.5 Å². The highest BCUT2D eigenvalue weighted by Gasteiger charge is 2.20. The molecule has 0 spiro atoms. The number of H-pyrrole nitrogens is 1. The molecule has 0 aliphatic rings. The van der Waals surface area contributed by atoms with E-state index in [-0.39, 0.29) is 17.3 Å². The van der Waals surface area contributed by atoms with Crippen LogP contribution in [0.2, 0.25) is 0 Å². The zero-order valence-corrected chi connectivity index (χ0v) is 19.2. The fourth-order valence-electron chi connectivity index (χ4n) is 4.20. The zero-order chi connectivity index (χ0) is 24.5. The Kier molecular flexibility index (Phi) is 5.74. The van der Waals surface area contributed by atoms with E-state index in [1.54, 1.807) is 49.1 Å². The maximum atomic E-state index is 13.2. The summed E-state index contributed by atoms with van der Waals surface area (Å²) >= 11 is 0. The van der Waals surface area contributed by atoms with Crippen molar-refractivity contribution in [2.75, 3.05) is 5.32 Å². The standard InChI is InChI=1S/C28H23FN4O2/c1-17(18-8-10-21(29)11-9-18)27(34)32-23-16-20(12-14-30-23)26-24(19-6-4-3-5-7-19)25-22(31-26)13-15-33(2)28(25)35/h3-17,31H,1-2H3,(H,30,32,34)/t17-/m1/s1. The molecule has 2 aromatic carbocycles. The van der Waals surface area contributed by atoms with Gasteiger partial charge in [-0.25, -0.2) is 9.37 Å². The summed E-state index contributed by atoms with van der Waals surface area (Å²) in [5.74, 6) is -0.711. The van der Waals surface area contributed by atoms with Crippen molar-refractivity contribution in [3.63, 3.8) is 0 Å². The number of fused-ring (bicyclic) bond motifs is 1. The van der Waals surface area contributed by atoms with Gasteiger partial charge in [-0.3, -0.25) is 9.59 Å². The van der Waals surface area contributed by atoms with Crippen LogP contribution in [-0.4, -0.2) is 20.4 Å². The van der Waals surface area contributed by atoms with E-state index < -0.39 is 5.92 Å². The molecule has 35 heavy (non-hydrogen) atoms. The Bertz CT molecular complexity index is 1590. The molecule has 7 heteroatoms. The molecule has 6 nitrogen and oxygen atoms in total. The van der Waals surface area contributed by atoms with Crippen molar-refractivity contribution >= 4 is 22.6 Å². The minimum Gasteiger partial charge on any atom is -0.354 e. The number of carbonyl (C=O) groups is 1. The fourth-order valence-corrected chi connectivity index (χ4v) is 4.20. The first-order chi connectivity index (χ1) is 16.9. The molecule has 0 aliphatic carbocycles. The van der Waals surface area contributed by atoms with Crippen LogP contribution in [0.25, 0.3) is 33.3 Å². The first-order valence-electron chi connectivity index (χ1n) is 11.2. The number of hydrogen-bond acceptors (Lipinski definition) is 3. The predicted molar refractivity (Wildman–Crippen MR) is 136 cm³/mol. The molecule has 2 N–H and O–H groups in total. The largest absolute Gasteiger partial charge is 0.354 e. The van der Waals surface area contributed by atoms with Gasteiger partial charge in [0.1, 0.15) is 11.6 Å². The monoisotopic (exact) mass is 466 g/mol. The van der Waals surface area contributed by atoms with Gasteiger partial charge in [-0.05, 0) is 48.4 Å². The summed E-state index contributed by atoms with van der Waals surface area (Å²) < 4.78 is 14.8. The van der Waals surface area contributed by atoms with Gasteiger partial charge in [-0.1, -0.05) is 42.5 Å². The molecule has 5 aromatic rings. The first-order valence-corrected chi connectivity index (χ1v) is 11.2. The van der Waals surface area contributed by atoms with E-state index in [4.69, 9.17) is 0 Å². The molecule has 0 saturated heterocycles. The SMILES string of the molecule is C[C@@H](C(=O)Nc1cc(-c2[nH]c3ccn(C)c(=O)c3c2-c2ccccc2)ccn1)c1ccc(F)cc1. The maximum Gasteiger partial charge on any atom is 0.260 e. The molecule has 0 saturated carbocycles. The molecule has 0 aliphatic heterocycles. The number of benzene rings is 2. The molecule has 3 heterocycles. The number of nitrogens with one attached hydrogen (secondary N) is 2. The minimum atomic E-state index is -0.489. The van der Waals surface area contributed by atoms with E-state index in [2.05, 4.69) is 15.3 Å². The lowest BCUT2D eigenvalue weighted by atomic mass is 9.99. The van der Waals surface area contributed by atoms with Crippen molar-refractivity contribution in [2.24, 2.45) is 7.05 Å². The molecule has 0 bridgehead atoms. The number of rotatable bonds is 5. The normalized spacial score (nSPS) is 12.0. The zero-order valence-electron chi connectivity index (χ0n) is 19.2. The second-order valence-electron chi connectivity index (χ2n) is 8.45. The van der Waals surface area contributed by atoms with Crippen LogP contribution in [0.1, 0.15) is 18.4 Å². The van der Waals surface area contributed by atoms with E-state index in [9.17, 15) is 14.0 Å². The summed E-state index contributed by atoms with van der Waals surface area (Å²) in [5, 5.41) is 3.46. The molecule has 0 radical (unpaired) electrons. The van der Waals surface area contributed by atoms with Crippen LogP contribution in [0.4, 0.5) is 10.2 Å². The summed E-state index contributed by atoms with van der Waals surface area (Å²) in [4.78, 5) is 33.6. The quantitative estimate of drug-likeness (QED) is 0.360. The summed E-state index contributed by atoms with van der Waals surface area (Å²) in [6.07, 6.45) is 3.35. The Morgan fingerprint density at radius 1 is 1.03 bits per heavy atom. The second-order valence-corrected chi connectivity index (χ2v) is 8.45. The molecule has 1 amide bonds. The molecule has 5 rings (SSSR count). The average Bonchev–Trinajstić information content (AvgIpc) is 3.27. The van der Waals surface area contributed by atoms with Gasteiger partial charge in [0.15, 0.2) is 0 Å². The molecular weight excluding hydrogens is 443 g/mol. The van der Waals surface area contributed by atoms with Gasteiger partial charge in [-0.2, -0.15) is 0 Å². The average molecular weight is 467 g/mol. The van der Waals surface area contributed by atoms with Crippen LogP contribution in [0.15, 0.2) is 90.0 Å². The topological polar surface area (TPSA) is 79.8 Å². The van der Waals surface area contributed by atoms with Crippen molar-refractivity contribution in [3.05, 3.63) is 107 Å². The number of aryl methyl sites for hydroxylation is 1. The molecule has 0 fully saturated rings. The van der Waals surface area contributed by atoms with Crippen molar-refractivity contribution < 1.29 is 9.18 Å². The number of aromatic amines is 1. The second kappa shape index (κ2) is 9.02. The molecular formula is C28H23FN4O2. The highest BCUT2D eigenvalue weighted by atomic mass is 19.1. The van der Waals surface area contributed by atoms with Crippen molar-refractivity contribution in [2.45, 2.75) is 12.8 Å².